The number of aliphatic hydroxyl groups is 2. The summed E-state index contributed by atoms with van der Waals surface area (Å²) in [4.78, 5) is 0. The predicted octanol–water partition coefficient (Wildman–Crippen LogP) is 1.33. The molecular formula is C11H18O2. The normalized spacial score (nSPS) is 46.8. The van der Waals surface area contributed by atoms with Crippen molar-refractivity contribution in [2.75, 3.05) is 0 Å². The average molecular weight is 182 g/mol. The lowest BCUT2D eigenvalue weighted by molar-refractivity contribution is -0.0712. The van der Waals surface area contributed by atoms with E-state index >= 15 is 0 Å². The smallest absolute Gasteiger partial charge is 0.0598 e. The van der Waals surface area contributed by atoms with Crippen LogP contribution < -0.4 is 0 Å². The largest absolute Gasteiger partial charge is 0.393 e. The number of hydrogen-bond acceptors (Lipinski definition) is 2. The monoisotopic (exact) mass is 182 g/mol. The summed E-state index contributed by atoms with van der Waals surface area (Å²) in [6, 6.07) is 0. The summed E-state index contributed by atoms with van der Waals surface area (Å²) in [7, 11) is 0. The van der Waals surface area contributed by atoms with E-state index in [1.165, 1.54) is 0 Å². The lowest BCUT2D eigenvalue weighted by Gasteiger charge is -2.41. The van der Waals surface area contributed by atoms with Gasteiger partial charge in [-0.3, -0.25) is 0 Å². The van der Waals surface area contributed by atoms with Crippen molar-refractivity contribution in [2.24, 2.45) is 17.3 Å². The topological polar surface area (TPSA) is 40.5 Å². The van der Waals surface area contributed by atoms with Crippen LogP contribution in [0.5, 0.6) is 0 Å². The Labute approximate surface area is 79.3 Å². The first-order valence-electron chi connectivity index (χ1n) is 5.12. The summed E-state index contributed by atoms with van der Waals surface area (Å²) in [6.45, 7) is 3.61. The summed E-state index contributed by atoms with van der Waals surface area (Å²) in [6.07, 6.45) is 5.65. The predicted molar refractivity (Wildman–Crippen MR) is 51.1 cm³/mol. The van der Waals surface area contributed by atoms with Gasteiger partial charge >= 0.3 is 0 Å². The Morgan fingerprint density at radius 2 is 1.85 bits per heavy atom. The summed E-state index contributed by atoms with van der Waals surface area (Å²) in [5, 5.41) is 19.6. The van der Waals surface area contributed by atoms with E-state index in [1.54, 1.807) is 13.8 Å². The minimum Gasteiger partial charge on any atom is -0.393 e. The van der Waals surface area contributed by atoms with Gasteiger partial charge in [-0.25, -0.2) is 0 Å². The van der Waals surface area contributed by atoms with Crippen LogP contribution in [0.2, 0.25) is 0 Å². The van der Waals surface area contributed by atoms with Crippen molar-refractivity contribution in [2.45, 2.75) is 38.9 Å². The molecule has 0 aromatic rings. The van der Waals surface area contributed by atoms with E-state index < -0.39 is 12.2 Å². The molecule has 2 aliphatic rings. The molecule has 2 rings (SSSR count). The molecule has 2 bridgehead atoms. The quantitative estimate of drug-likeness (QED) is 0.632. The first-order valence-corrected chi connectivity index (χ1v) is 5.12. The second-order valence-corrected chi connectivity index (χ2v) is 4.66. The third-order valence-electron chi connectivity index (χ3n) is 4.03. The van der Waals surface area contributed by atoms with Crippen molar-refractivity contribution in [3.05, 3.63) is 12.2 Å². The summed E-state index contributed by atoms with van der Waals surface area (Å²) in [5.41, 5.74) is -0.264. The Morgan fingerprint density at radius 3 is 2.08 bits per heavy atom. The Kier molecular flexibility index (Phi) is 2.00. The molecule has 13 heavy (non-hydrogen) atoms. The van der Waals surface area contributed by atoms with Crippen molar-refractivity contribution < 1.29 is 10.2 Å². The maximum absolute atomic E-state index is 9.80. The SMILES string of the molecule is CC(O)C1(C(C)O)CC2C=CC1C2. The summed E-state index contributed by atoms with van der Waals surface area (Å²) < 4.78 is 0. The fourth-order valence-electron chi connectivity index (χ4n) is 3.24. The number of aliphatic hydroxyl groups excluding tert-OH is 2. The van der Waals surface area contributed by atoms with E-state index in [1.807, 2.05) is 0 Å². The van der Waals surface area contributed by atoms with Gasteiger partial charge in [-0.15, -0.1) is 0 Å². The van der Waals surface area contributed by atoms with Crippen molar-refractivity contribution in [3.63, 3.8) is 0 Å². The van der Waals surface area contributed by atoms with E-state index in [9.17, 15) is 10.2 Å². The molecule has 2 aliphatic carbocycles. The van der Waals surface area contributed by atoms with Crippen LogP contribution in [0.25, 0.3) is 0 Å². The maximum atomic E-state index is 9.80. The number of allylic oxidation sites excluding steroid dienone is 2. The van der Waals surface area contributed by atoms with Gasteiger partial charge in [-0.2, -0.15) is 0 Å². The molecule has 2 N–H and O–H groups in total. The van der Waals surface area contributed by atoms with Gasteiger partial charge in [0, 0.05) is 5.41 Å². The van der Waals surface area contributed by atoms with Crippen LogP contribution >= 0.6 is 0 Å². The van der Waals surface area contributed by atoms with E-state index in [0.717, 1.165) is 12.8 Å². The second kappa shape index (κ2) is 2.82. The summed E-state index contributed by atoms with van der Waals surface area (Å²) >= 11 is 0. The van der Waals surface area contributed by atoms with Gasteiger partial charge in [0.25, 0.3) is 0 Å². The first kappa shape index (κ1) is 9.22. The molecular weight excluding hydrogens is 164 g/mol. The fourth-order valence-corrected chi connectivity index (χ4v) is 3.24. The Hall–Kier alpha value is -0.340. The minimum atomic E-state index is -0.410. The van der Waals surface area contributed by atoms with E-state index in [4.69, 9.17) is 0 Å². The van der Waals surface area contributed by atoms with Gasteiger partial charge in [-0.05, 0) is 38.5 Å². The molecule has 74 valence electrons. The molecule has 1 fully saturated rings. The second-order valence-electron chi connectivity index (χ2n) is 4.66. The Balaban J connectivity index is 2.31. The van der Waals surface area contributed by atoms with Gasteiger partial charge in [-0.1, -0.05) is 12.2 Å². The van der Waals surface area contributed by atoms with Crippen LogP contribution in [0.3, 0.4) is 0 Å². The van der Waals surface area contributed by atoms with Crippen LogP contribution in [-0.4, -0.2) is 22.4 Å². The Morgan fingerprint density at radius 1 is 1.23 bits per heavy atom. The molecule has 4 unspecified atom stereocenters. The molecule has 4 atom stereocenters. The van der Waals surface area contributed by atoms with Crippen molar-refractivity contribution >= 4 is 0 Å². The van der Waals surface area contributed by atoms with E-state index in [2.05, 4.69) is 12.2 Å². The average Bonchev–Trinajstić information content (AvgIpc) is 2.61. The number of hydrogen-bond donors (Lipinski definition) is 2. The lowest BCUT2D eigenvalue weighted by Crippen LogP contribution is -2.45. The Bertz CT molecular complexity index is 222. The standard InChI is InChI=1S/C11H18O2/c1-7(12)11(8(2)13)6-9-3-4-10(11)5-9/h3-4,7-10,12-13H,5-6H2,1-2H3. The molecule has 2 heteroatoms. The molecule has 0 radical (unpaired) electrons. The van der Waals surface area contributed by atoms with Crippen LogP contribution in [0.1, 0.15) is 26.7 Å². The minimum absolute atomic E-state index is 0.264. The first-order chi connectivity index (χ1) is 6.07. The maximum Gasteiger partial charge on any atom is 0.0598 e. The van der Waals surface area contributed by atoms with Crippen LogP contribution in [0, 0.1) is 17.3 Å². The van der Waals surface area contributed by atoms with Crippen LogP contribution in [0.15, 0.2) is 12.2 Å². The van der Waals surface area contributed by atoms with Gasteiger partial charge < -0.3 is 10.2 Å². The highest BCUT2D eigenvalue weighted by Gasteiger charge is 2.53. The van der Waals surface area contributed by atoms with Crippen molar-refractivity contribution in [3.8, 4) is 0 Å². The third kappa shape index (κ3) is 1.09. The zero-order valence-electron chi connectivity index (χ0n) is 8.27. The molecule has 0 spiro atoms. The highest BCUT2D eigenvalue weighted by atomic mass is 16.3. The zero-order chi connectivity index (χ0) is 9.64. The molecule has 0 aliphatic heterocycles. The molecule has 0 amide bonds. The molecule has 1 saturated carbocycles. The van der Waals surface area contributed by atoms with Gasteiger partial charge in [0.2, 0.25) is 0 Å². The van der Waals surface area contributed by atoms with Gasteiger partial charge in [0.1, 0.15) is 0 Å². The highest BCUT2D eigenvalue weighted by Crippen LogP contribution is 2.55. The fraction of sp³-hybridized carbons (Fsp3) is 0.818. The summed E-state index contributed by atoms with van der Waals surface area (Å²) in [5.74, 6) is 0.978. The molecule has 2 nitrogen and oxygen atoms in total. The van der Waals surface area contributed by atoms with Crippen LogP contribution in [-0.2, 0) is 0 Å². The van der Waals surface area contributed by atoms with E-state index in [-0.39, 0.29) is 5.41 Å². The highest BCUT2D eigenvalue weighted by molar-refractivity contribution is 5.18. The van der Waals surface area contributed by atoms with E-state index in [0.29, 0.717) is 11.8 Å². The number of fused-ring (bicyclic) bond motifs is 2. The number of rotatable bonds is 2. The van der Waals surface area contributed by atoms with Crippen molar-refractivity contribution in [1.82, 2.24) is 0 Å². The molecule has 0 saturated heterocycles. The van der Waals surface area contributed by atoms with Gasteiger partial charge in [0.05, 0.1) is 12.2 Å². The van der Waals surface area contributed by atoms with Crippen LogP contribution in [0.4, 0.5) is 0 Å². The molecule has 0 heterocycles. The zero-order valence-corrected chi connectivity index (χ0v) is 8.27. The third-order valence-corrected chi connectivity index (χ3v) is 4.03. The van der Waals surface area contributed by atoms with Crippen molar-refractivity contribution in [1.29, 1.82) is 0 Å². The molecule has 0 aromatic carbocycles. The van der Waals surface area contributed by atoms with Gasteiger partial charge in [0.15, 0.2) is 0 Å². The lowest BCUT2D eigenvalue weighted by atomic mass is 9.68. The molecule has 0 aromatic heterocycles.